The molecule has 0 aromatic heterocycles. The van der Waals surface area contributed by atoms with Crippen LogP contribution in [0.3, 0.4) is 0 Å². The molecular weight excluding hydrogens is 246 g/mol. The minimum absolute atomic E-state index is 0.00192. The van der Waals surface area contributed by atoms with Gasteiger partial charge in [-0.05, 0) is 24.5 Å². The maximum absolute atomic E-state index is 13.5. The van der Waals surface area contributed by atoms with Crippen molar-refractivity contribution in [3.8, 4) is 0 Å². The van der Waals surface area contributed by atoms with E-state index in [1.807, 2.05) is 0 Å². The van der Waals surface area contributed by atoms with Crippen molar-refractivity contribution in [3.63, 3.8) is 0 Å². The average molecular weight is 270 g/mol. The van der Waals surface area contributed by atoms with Crippen molar-refractivity contribution in [1.29, 1.82) is 0 Å². The predicted octanol–water partition coefficient (Wildman–Crippen LogP) is 3.70. The first kappa shape index (κ1) is 16.1. The largest absolute Gasteiger partial charge is 0.271 e. The van der Waals surface area contributed by atoms with Crippen LogP contribution in [0.4, 0.5) is 8.78 Å². The number of nitrogens with one attached hydrogen (secondary N) is 1. The minimum atomic E-state index is -0.795. The lowest BCUT2D eigenvalue weighted by Crippen LogP contribution is -2.37. The van der Waals surface area contributed by atoms with Gasteiger partial charge >= 0.3 is 0 Å². The molecule has 0 saturated carbocycles. The molecule has 0 amide bonds. The summed E-state index contributed by atoms with van der Waals surface area (Å²) < 4.78 is 26.6. The summed E-state index contributed by atoms with van der Waals surface area (Å²) in [6.07, 6.45) is 7.22. The van der Waals surface area contributed by atoms with Gasteiger partial charge in [0.1, 0.15) is 0 Å². The van der Waals surface area contributed by atoms with Crippen LogP contribution >= 0.6 is 0 Å². The van der Waals surface area contributed by atoms with Crippen molar-refractivity contribution in [2.24, 2.45) is 5.84 Å². The number of rotatable bonds is 9. The summed E-state index contributed by atoms with van der Waals surface area (Å²) in [5.74, 6) is 3.93. The highest BCUT2D eigenvalue weighted by atomic mass is 19.2. The Morgan fingerprint density at radius 1 is 1.16 bits per heavy atom. The van der Waals surface area contributed by atoms with Crippen molar-refractivity contribution in [2.45, 2.75) is 57.9 Å². The van der Waals surface area contributed by atoms with Gasteiger partial charge in [0.15, 0.2) is 11.6 Å². The van der Waals surface area contributed by atoms with Crippen LogP contribution in [0.1, 0.15) is 51.0 Å². The normalized spacial score (nSPS) is 12.6. The molecule has 0 saturated heterocycles. The van der Waals surface area contributed by atoms with Gasteiger partial charge in [-0.1, -0.05) is 51.2 Å². The topological polar surface area (TPSA) is 38.0 Å². The molecule has 108 valence electrons. The predicted molar refractivity (Wildman–Crippen MR) is 74.5 cm³/mol. The lowest BCUT2D eigenvalue weighted by molar-refractivity contribution is 0.443. The van der Waals surface area contributed by atoms with Crippen LogP contribution in [0.2, 0.25) is 0 Å². The number of hydrazine groups is 1. The Kier molecular flexibility index (Phi) is 7.60. The molecule has 1 rings (SSSR count). The van der Waals surface area contributed by atoms with Crippen LogP contribution in [0.25, 0.3) is 0 Å². The van der Waals surface area contributed by atoms with Gasteiger partial charge in [-0.2, -0.15) is 0 Å². The Morgan fingerprint density at radius 3 is 2.58 bits per heavy atom. The van der Waals surface area contributed by atoms with Crippen molar-refractivity contribution < 1.29 is 8.78 Å². The molecule has 19 heavy (non-hydrogen) atoms. The Bertz CT molecular complexity index is 369. The number of hydrogen-bond donors (Lipinski definition) is 2. The van der Waals surface area contributed by atoms with Crippen LogP contribution in [0, 0.1) is 11.6 Å². The maximum Gasteiger partial charge on any atom is 0.162 e. The van der Waals surface area contributed by atoms with Crippen LogP contribution in [0.5, 0.6) is 0 Å². The molecule has 0 aliphatic rings. The molecule has 0 radical (unpaired) electrons. The van der Waals surface area contributed by atoms with Crippen molar-refractivity contribution in [1.82, 2.24) is 5.43 Å². The summed E-state index contributed by atoms with van der Waals surface area (Å²) in [6.45, 7) is 2.18. The van der Waals surface area contributed by atoms with E-state index in [4.69, 9.17) is 5.84 Å². The lowest BCUT2D eigenvalue weighted by Gasteiger charge is -2.16. The highest BCUT2D eigenvalue weighted by Crippen LogP contribution is 2.16. The first-order valence-corrected chi connectivity index (χ1v) is 7.08. The van der Waals surface area contributed by atoms with Gasteiger partial charge in [0.25, 0.3) is 0 Å². The second kappa shape index (κ2) is 8.99. The molecule has 4 heteroatoms. The summed E-state index contributed by atoms with van der Waals surface area (Å²) in [4.78, 5) is 0. The molecule has 1 aromatic carbocycles. The molecule has 1 unspecified atom stereocenters. The van der Waals surface area contributed by atoms with Gasteiger partial charge in [0.2, 0.25) is 0 Å². The Morgan fingerprint density at radius 2 is 1.89 bits per heavy atom. The van der Waals surface area contributed by atoms with E-state index >= 15 is 0 Å². The van der Waals surface area contributed by atoms with E-state index in [0.29, 0.717) is 12.0 Å². The molecule has 1 atom stereocenters. The van der Waals surface area contributed by atoms with Crippen molar-refractivity contribution >= 4 is 0 Å². The third-order valence-electron chi connectivity index (χ3n) is 3.39. The second-order valence-electron chi connectivity index (χ2n) is 4.98. The number of unbranched alkanes of at least 4 members (excludes halogenated alkanes) is 4. The first-order chi connectivity index (χ1) is 9.19. The summed E-state index contributed by atoms with van der Waals surface area (Å²) in [6, 6.07) is 4.27. The molecule has 0 aliphatic heterocycles. The van der Waals surface area contributed by atoms with E-state index < -0.39 is 11.6 Å². The second-order valence-corrected chi connectivity index (χ2v) is 4.98. The van der Waals surface area contributed by atoms with E-state index in [9.17, 15) is 8.78 Å². The number of hydrogen-bond acceptors (Lipinski definition) is 2. The van der Waals surface area contributed by atoms with Crippen LogP contribution in [-0.2, 0) is 6.42 Å². The Labute approximate surface area is 114 Å². The van der Waals surface area contributed by atoms with Crippen LogP contribution in [0.15, 0.2) is 18.2 Å². The summed E-state index contributed by atoms with van der Waals surface area (Å²) in [5, 5.41) is 0. The van der Waals surface area contributed by atoms with Crippen molar-refractivity contribution in [3.05, 3.63) is 35.4 Å². The molecule has 0 spiro atoms. The van der Waals surface area contributed by atoms with E-state index in [-0.39, 0.29) is 6.04 Å². The van der Waals surface area contributed by atoms with Gasteiger partial charge in [0.05, 0.1) is 0 Å². The molecular formula is C15H24F2N2. The zero-order chi connectivity index (χ0) is 14.1. The highest BCUT2D eigenvalue weighted by Gasteiger charge is 2.13. The monoisotopic (exact) mass is 270 g/mol. The van der Waals surface area contributed by atoms with E-state index in [2.05, 4.69) is 12.3 Å². The molecule has 1 aromatic rings. The Hall–Kier alpha value is -1.00. The fraction of sp³-hybridized carbons (Fsp3) is 0.600. The summed E-state index contributed by atoms with van der Waals surface area (Å²) >= 11 is 0. The minimum Gasteiger partial charge on any atom is -0.271 e. The average Bonchev–Trinajstić information content (AvgIpc) is 2.42. The highest BCUT2D eigenvalue weighted by molar-refractivity contribution is 5.19. The summed E-state index contributed by atoms with van der Waals surface area (Å²) in [5.41, 5.74) is 3.08. The van der Waals surface area contributed by atoms with Crippen LogP contribution < -0.4 is 11.3 Å². The molecule has 0 fully saturated rings. The van der Waals surface area contributed by atoms with Gasteiger partial charge in [-0.25, -0.2) is 8.78 Å². The third kappa shape index (κ3) is 5.66. The van der Waals surface area contributed by atoms with Crippen LogP contribution in [-0.4, -0.2) is 6.04 Å². The van der Waals surface area contributed by atoms with Gasteiger partial charge < -0.3 is 0 Å². The number of benzene rings is 1. The first-order valence-electron chi connectivity index (χ1n) is 7.08. The quantitative estimate of drug-likeness (QED) is 0.408. The standard InChI is InChI=1S/C15H24F2N2/c1-2-3-4-5-6-9-13(19-18)11-12-8-7-10-14(16)15(12)17/h7-8,10,13,19H,2-6,9,11,18H2,1H3. The Balaban J connectivity index is 2.41. The maximum atomic E-state index is 13.5. The number of nitrogens with two attached hydrogens (primary N) is 1. The zero-order valence-corrected chi connectivity index (χ0v) is 11.6. The zero-order valence-electron chi connectivity index (χ0n) is 11.6. The third-order valence-corrected chi connectivity index (χ3v) is 3.39. The fourth-order valence-electron chi connectivity index (χ4n) is 2.21. The fourth-order valence-corrected chi connectivity index (χ4v) is 2.21. The molecule has 2 nitrogen and oxygen atoms in total. The SMILES string of the molecule is CCCCCCCC(Cc1cccc(F)c1F)NN. The summed E-state index contributed by atoms with van der Waals surface area (Å²) in [7, 11) is 0. The molecule has 0 aliphatic carbocycles. The van der Waals surface area contributed by atoms with E-state index in [0.717, 1.165) is 25.3 Å². The van der Waals surface area contributed by atoms with Gasteiger partial charge in [-0.15, -0.1) is 0 Å². The molecule has 3 N–H and O–H groups in total. The van der Waals surface area contributed by atoms with Crippen molar-refractivity contribution in [2.75, 3.05) is 0 Å². The van der Waals surface area contributed by atoms with Gasteiger partial charge in [-0.3, -0.25) is 11.3 Å². The van der Waals surface area contributed by atoms with E-state index in [1.54, 1.807) is 6.07 Å². The smallest absolute Gasteiger partial charge is 0.162 e. The number of halogens is 2. The van der Waals surface area contributed by atoms with Gasteiger partial charge in [0, 0.05) is 6.04 Å². The van der Waals surface area contributed by atoms with E-state index in [1.165, 1.54) is 25.3 Å². The molecule has 0 heterocycles. The lowest BCUT2D eigenvalue weighted by atomic mass is 10.00. The molecule has 0 bridgehead atoms.